The van der Waals surface area contributed by atoms with Crippen molar-refractivity contribution in [1.29, 1.82) is 0 Å². The molecule has 162 valence electrons. The van der Waals surface area contributed by atoms with Gasteiger partial charge in [-0.25, -0.2) is 28.7 Å². The number of carbonyl (C=O) groups is 1. The first-order chi connectivity index (χ1) is 15.0. The number of Topliss-reactive ketones (excluding diaryl/α,β-unsaturated/α-hetero) is 1. The molecular formula is C20H20F2N6O2S. The van der Waals surface area contributed by atoms with Crippen molar-refractivity contribution in [2.45, 2.75) is 11.5 Å². The SMILES string of the molecule is COc1cnc2nc(C(F)F)nc(SCC(=O)c3ccc(N4CCNCC4)nc3)c2c1. The molecule has 3 aromatic heterocycles. The highest BCUT2D eigenvalue weighted by molar-refractivity contribution is 8.00. The van der Waals surface area contributed by atoms with Gasteiger partial charge < -0.3 is 15.0 Å². The molecule has 11 heteroatoms. The molecule has 31 heavy (non-hydrogen) atoms. The Bertz CT molecular complexity index is 1080. The molecule has 8 nitrogen and oxygen atoms in total. The monoisotopic (exact) mass is 446 g/mol. The number of methoxy groups -OCH3 is 1. The molecule has 1 aliphatic rings. The van der Waals surface area contributed by atoms with Gasteiger partial charge in [0.05, 0.1) is 24.4 Å². The van der Waals surface area contributed by atoms with E-state index < -0.39 is 12.2 Å². The van der Waals surface area contributed by atoms with E-state index in [1.807, 2.05) is 6.07 Å². The number of rotatable bonds is 7. The lowest BCUT2D eigenvalue weighted by molar-refractivity contribution is 0.102. The number of pyridine rings is 2. The van der Waals surface area contributed by atoms with Crippen LogP contribution in [-0.2, 0) is 0 Å². The van der Waals surface area contributed by atoms with Crippen molar-refractivity contribution >= 4 is 34.4 Å². The summed E-state index contributed by atoms with van der Waals surface area (Å²) in [5.74, 6) is 0.488. The molecule has 0 spiro atoms. The van der Waals surface area contributed by atoms with Crippen molar-refractivity contribution in [1.82, 2.24) is 25.3 Å². The predicted octanol–water partition coefficient (Wildman–Crippen LogP) is 2.75. The molecule has 0 atom stereocenters. The zero-order chi connectivity index (χ0) is 21.8. The van der Waals surface area contributed by atoms with Gasteiger partial charge in [0.2, 0.25) is 0 Å². The van der Waals surface area contributed by atoms with Gasteiger partial charge in [0.15, 0.2) is 17.3 Å². The fourth-order valence-electron chi connectivity index (χ4n) is 3.15. The molecule has 0 unspecified atom stereocenters. The summed E-state index contributed by atoms with van der Waals surface area (Å²) in [5.41, 5.74) is 0.581. The Labute approximate surface area is 181 Å². The standard InChI is InChI=1S/C20H20F2N6O2S/c1-30-13-8-14-18(25-10-13)26-19(17(21)22)27-20(14)31-11-15(29)12-2-3-16(24-9-12)28-6-4-23-5-7-28/h2-3,8-10,17,23H,4-7,11H2,1H3. The Morgan fingerprint density at radius 2 is 2.03 bits per heavy atom. The average molecular weight is 446 g/mol. The summed E-state index contributed by atoms with van der Waals surface area (Å²) in [6.45, 7) is 3.51. The Morgan fingerprint density at radius 1 is 1.23 bits per heavy atom. The van der Waals surface area contributed by atoms with Gasteiger partial charge in [-0.05, 0) is 18.2 Å². The minimum absolute atomic E-state index is 0.0145. The number of alkyl halides is 2. The lowest BCUT2D eigenvalue weighted by Crippen LogP contribution is -2.43. The smallest absolute Gasteiger partial charge is 0.297 e. The van der Waals surface area contributed by atoms with Crippen LogP contribution in [0.2, 0.25) is 0 Å². The number of nitrogens with one attached hydrogen (secondary N) is 1. The summed E-state index contributed by atoms with van der Waals surface area (Å²) in [6.07, 6.45) is 0.105. The Morgan fingerprint density at radius 3 is 2.71 bits per heavy atom. The number of thioether (sulfide) groups is 1. The molecule has 0 bridgehead atoms. The second kappa shape index (κ2) is 9.48. The van der Waals surface area contributed by atoms with E-state index in [2.05, 4.69) is 30.2 Å². The molecular weight excluding hydrogens is 426 g/mol. The van der Waals surface area contributed by atoms with Crippen LogP contribution in [0.15, 0.2) is 35.6 Å². The van der Waals surface area contributed by atoms with Gasteiger partial charge in [0, 0.05) is 37.9 Å². The molecule has 0 aliphatic carbocycles. The number of ketones is 1. The Hall–Kier alpha value is -2.92. The summed E-state index contributed by atoms with van der Waals surface area (Å²) in [5, 5.41) is 3.99. The summed E-state index contributed by atoms with van der Waals surface area (Å²) < 4.78 is 31.6. The normalized spacial score (nSPS) is 14.3. The number of halogens is 2. The van der Waals surface area contributed by atoms with Crippen LogP contribution in [0.3, 0.4) is 0 Å². The summed E-state index contributed by atoms with van der Waals surface area (Å²) >= 11 is 1.06. The Kier molecular flexibility index (Phi) is 6.52. The largest absolute Gasteiger partial charge is 0.495 e. The molecule has 4 heterocycles. The lowest BCUT2D eigenvalue weighted by Gasteiger charge is -2.28. The molecule has 0 aromatic carbocycles. The van der Waals surface area contributed by atoms with Crippen molar-refractivity contribution in [2.24, 2.45) is 0 Å². The van der Waals surface area contributed by atoms with Crippen LogP contribution in [0.4, 0.5) is 14.6 Å². The first-order valence-electron chi connectivity index (χ1n) is 9.62. The number of hydrogen-bond acceptors (Lipinski definition) is 9. The van der Waals surface area contributed by atoms with E-state index in [0.29, 0.717) is 16.7 Å². The zero-order valence-electron chi connectivity index (χ0n) is 16.7. The van der Waals surface area contributed by atoms with Crippen LogP contribution in [0.5, 0.6) is 5.75 Å². The van der Waals surface area contributed by atoms with Crippen LogP contribution in [0.1, 0.15) is 22.6 Å². The van der Waals surface area contributed by atoms with E-state index in [-0.39, 0.29) is 22.2 Å². The molecule has 4 rings (SSSR count). The minimum atomic E-state index is -2.84. The lowest BCUT2D eigenvalue weighted by atomic mass is 10.2. The quantitative estimate of drug-likeness (QED) is 0.334. The van der Waals surface area contributed by atoms with Gasteiger partial charge in [-0.15, -0.1) is 0 Å². The van der Waals surface area contributed by atoms with Gasteiger partial charge in [-0.2, -0.15) is 0 Å². The third-order valence-electron chi connectivity index (χ3n) is 4.79. The average Bonchev–Trinajstić information content (AvgIpc) is 2.82. The number of anilines is 1. The number of nitrogens with zero attached hydrogens (tertiary/aromatic N) is 5. The number of aromatic nitrogens is 4. The molecule has 1 aliphatic heterocycles. The number of ether oxygens (including phenoxy) is 1. The van der Waals surface area contributed by atoms with E-state index in [1.54, 1.807) is 18.3 Å². The minimum Gasteiger partial charge on any atom is -0.495 e. The fraction of sp³-hybridized carbons (Fsp3) is 0.350. The maximum absolute atomic E-state index is 13.2. The summed E-state index contributed by atoms with van der Waals surface area (Å²) in [4.78, 5) is 31.0. The van der Waals surface area contributed by atoms with Gasteiger partial charge in [0.1, 0.15) is 16.6 Å². The van der Waals surface area contributed by atoms with Crippen molar-refractivity contribution in [3.05, 3.63) is 42.0 Å². The van der Waals surface area contributed by atoms with Crippen LogP contribution >= 0.6 is 11.8 Å². The number of hydrogen-bond donors (Lipinski definition) is 1. The first kappa shape index (κ1) is 21.3. The molecule has 0 saturated carbocycles. The molecule has 0 radical (unpaired) electrons. The van der Waals surface area contributed by atoms with Crippen molar-refractivity contribution in [3.8, 4) is 5.75 Å². The molecule has 1 N–H and O–H groups in total. The van der Waals surface area contributed by atoms with E-state index in [0.717, 1.165) is 43.8 Å². The van der Waals surface area contributed by atoms with Gasteiger partial charge >= 0.3 is 0 Å². The maximum Gasteiger partial charge on any atom is 0.297 e. The predicted molar refractivity (Wildman–Crippen MR) is 113 cm³/mol. The van der Waals surface area contributed by atoms with Crippen LogP contribution in [0, 0.1) is 0 Å². The molecule has 3 aromatic rings. The first-order valence-corrected chi connectivity index (χ1v) is 10.6. The molecule has 0 amide bonds. The number of fused-ring (bicyclic) bond motifs is 1. The third kappa shape index (κ3) is 4.88. The number of piperazine rings is 1. The van der Waals surface area contributed by atoms with E-state index in [4.69, 9.17) is 4.74 Å². The fourth-order valence-corrected chi connectivity index (χ4v) is 4.05. The second-order valence-corrected chi connectivity index (χ2v) is 7.75. The maximum atomic E-state index is 13.2. The summed E-state index contributed by atoms with van der Waals surface area (Å²) in [7, 11) is 1.48. The van der Waals surface area contributed by atoms with Crippen molar-refractivity contribution < 1.29 is 18.3 Å². The molecule has 1 saturated heterocycles. The van der Waals surface area contributed by atoms with Crippen molar-refractivity contribution in [2.75, 3.05) is 43.9 Å². The third-order valence-corrected chi connectivity index (χ3v) is 5.78. The van der Waals surface area contributed by atoms with Crippen LogP contribution in [0.25, 0.3) is 11.0 Å². The van der Waals surface area contributed by atoms with E-state index >= 15 is 0 Å². The highest BCUT2D eigenvalue weighted by Gasteiger charge is 2.19. The topological polar surface area (TPSA) is 93.1 Å². The van der Waals surface area contributed by atoms with E-state index in [9.17, 15) is 13.6 Å². The van der Waals surface area contributed by atoms with Gasteiger partial charge in [-0.1, -0.05) is 11.8 Å². The Balaban J connectivity index is 1.51. The van der Waals surface area contributed by atoms with Crippen LogP contribution < -0.4 is 15.0 Å². The van der Waals surface area contributed by atoms with Gasteiger partial charge in [0.25, 0.3) is 6.43 Å². The van der Waals surface area contributed by atoms with Crippen LogP contribution in [-0.4, -0.2) is 64.8 Å². The number of carbonyl (C=O) groups excluding carboxylic acids is 1. The molecule has 1 fully saturated rings. The van der Waals surface area contributed by atoms with Crippen molar-refractivity contribution in [3.63, 3.8) is 0 Å². The summed E-state index contributed by atoms with van der Waals surface area (Å²) in [6, 6.07) is 5.18. The zero-order valence-corrected chi connectivity index (χ0v) is 17.5. The highest BCUT2D eigenvalue weighted by atomic mass is 32.2. The second-order valence-electron chi connectivity index (χ2n) is 6.79. The van der Waals surface area contributed by atoms with Gasteiger partial charge in [-0.3, -0.25) is 4.79 Å². The van der Waals surface area contributed by atoms with E-state index in [1.165, 1.54) is 13.3 Å². The highest BCUT2D eigenvalue weighted by Crippen LogP contribution is 2.30.